The number of halogens is 3. The van der Waals surface area contributed by atoms with Gasteiger partial charge in [-0.2, -0.15) is 13.2 Å². The minimum absolute atomic E-state index is 0.104. The first-order valence-corrected chi connectivity index (χ1v) is 8.34. The van der Waals surface area contributed by atoms with Crippen molar-refractivity contribution in [3.05, 3.63) is 23.9 Å². The maximum absolute atomic E-state index is 12.9. The van der Waals surface area contributed by atoms with Crippen LogP contribution in [-0.2, 0) is 15.7 Å². The standard InChI is InChI=1S/C17H22F3N3O4/c1-10(22-15(25)27-16(2,3)4)14(24)23-8-11(9-23)26-13-12(17(18,19)20)6-5-7-21-13/h5-7,10-11H,8-9H2,1-4H3,(H,22,25). The van der Waals surface area contributed by atoms with Crippen LogP contribution in [-0.4, -0.2) is 52.7 Å². The van der Waals surface area contributed by atoms with E-state index in [4.69, 9.17) is 9.47 Å². The average molecular weight is 389 g/mol. The summed E-state index contributed by atoms with van der Waals surface area (Å²) in [6.45, 7) is 6.80. The van der Waals surface area contributed by atoms with E-state index < -0.39 is 41.5 Å². The van der Waals surface area contributed by atoms with Gasteiger partial charge in [0, 0.05) is 6.20 Å². The van der Waals surface area contributed by atoms with Crippen molar-refractivity contribution in [2.45, 2.75) is 51.6 Å². The SMILES string of the molecule is CC(NC(=O)OC(C)(C)C)C(=O)N1CC(Oc2ncccc2C(F)(F)F)C1. The quantitative estimate of drug-likeness (QED) is 0.856. The number of rotatable bonds is 4. The van der Waals surface area contributed by atoms with Crippen LogP contribution in [0.15, 0.2) is 18.3 Å². The number of aromatic nitrogens is 1. The predicted molar refractivity (Wildman–Crippen MR) is 89.1 cm³/mol. The molecule has 0 spiro atoms. The maximum atomic E-state index is 12.9. The molecule has 2 amide bonds. The zero-order chi connectivity index (χ0) is 20.4. The fourth-order valence-corrected chi connectivity index (χ4v) is 2.37. The second-order valence-electron chi connectivity index (χ2n) is 7.20. The van der Waals surface area contributed by atoms with Crippen molar-refractivity contribution in [3.8, 4) is 5.88 Å². The lowest BCUT2D eigenvalue weighted by atomic mass is 10.1. The molecule has 150 valence electrons. The highest BCUT2D eigenvalue weighted by atomic mass is 19.4. The number of alkyl carbamates (subject to hydrolysis) is 1. The molecule has 1 N–H and O–H groups in total. The lowest BCUT2D eigenvalue weighted by Gasteiger charge is -2.40. The molecule has 1 aliphatic rings. The van der Waals surface area contributed by atoms with Gasteiger partial charge in [-0.1, -0.05) is 0 Å². The minimum atomic E-state index is -4.57. The number of alkyl halides is 3. The molecule has 2 rings (SSSR count). The first-order chi connectivity index (χ1) is 12.4. The second-order valence-corrected chi connectivity index (χ2v) is 7.20. The van der Waals surface area contributed by atoms with Gasteiger partial charge in [-0.05, 0) is 39.8 Å². The summed E-state index contributed by atoms with van der Waals surface area (Å²) in [5, 5.41) is 2.42. The summed E-state index contributed by atoms with van der Waals surface area (Å²) >= 11 is 0. The van der Waals surface area contributed by atoms with Crippen LogP contribution in [0, 0.1) is 0 Å². The van der Waals surface area contributed by atoms with E-state index in [2.05, 4.69) is 10.3 Å². The molecule has 1 aliphatic heterocycles. The number of pyridine rings is 1. The van der Waals surface area contributed by atoms with Crippen molar-refractivity contribution >= 4 is 12.0 Å². The monoisotopic (exact) mass is 389 g/mol. The number of hydrogen-bond acceptors (Lipinski definition) is 5. The summed E-state index contributed by atoms with van der Waals surface area (Å²) < 4.78 is 49.2. The Morgan fingerprint density at radius 3 is 2.48 bits per heavy atom. The Bertz CT molecular complexity index is 697. The van der Waals surface area contributed by atoms with Gasteiger partial charge in [0.05, 0.1) is 13.1 Å². The molecule has 27 heavy (non-hydrogen) atoms. The second kappa shape index (κ2) is 7.61. The fraction of sp³-hybridized carbons (Fsp3) is 0.588. The maximum Gasteiger partial charge on any atom is 0.421 e. The number of carbonyl (C=O) groups is 2. The topological polar surface area (TPSA) is 80.8 Å². The van der Waals surface area contributed by atoms with Crippen LogP contribution >= 0.6 is 0 Å². The Hall–Kier alpha value is -2.52. The molecule has 1 aromatic rings. The zero-order valence-corrected chi connectivity index (χ0v) is 15.5. The minimum Gasteiger partial charge on any atom is -0.470 e. The summed E-state index contributed by atoms with van der Waals surface area (Å²) in [6, 6.07) is 1.23. The smallest absolute Gasteiger partial charge is 0.421 e. The highest BCUT2D eigenvalue weighted by Gasteiger charge is 2.39. The molecule has 1 atom stereocenters. The van der Waals surface area contributed by atoms with Crippen molar-refractivity contribution in [2.24, 2.45) is 0 Å². The third-order valence-corrected chi connectivity index (χ3v) is 3.62. The van der Waals surface area contributed by atoms with E-state index in [1.807, 2.05) is 0 Å². The van der Waals surface area contributed by atoms with Crippen LogP contribution in [0.25, 0.3) is 0 Å². The molecule has 0 bridgehead atoms. The summed E-state index contributed by atoms with van der Waals surface area (Å²) in [6.07, 6.45) is -4.69. The van der Waals surface area contributed by atoms with Crippen molar-refractivity contribution in [3.63, 3.8) is 0 Å². The molecule has 1 aromatic heterocycles. The van der Waals surface area contributed by atoms with Crippen molar-refractivity contribution in [1.82, 2.24) is 15.2 Å². The molecular weight excluding hydrogens is 367 g/mol. The Kier molecular flexibility index (Phi) is 5.86. The number of carbonyl (C=O) groups excluding carboxylic acids is 2. The number of nitrogens with zero attached hydrogens (tertiary/aromatic N) is 2. The number of ether oxygens (including phenoxy) is 2. The molecule has 0 aliphatic carbocycles. The van der Waals surface area contributed by atoms with E-state index >= 15 is 0 Å². The highest BCUT2D eigenvalue weighted by Crippen LogP contribution is 2.35. The Labute approximate surface area is 154 Å². The molecule has 1 fully saturated rings. The van der Waals surface area contributed by atoms with Gasteiger partial charge in [-0.15, -0.1) is 0 Å². The van der Waals surface area contributed by atoms with Gasteiger partial charge >= 0.3 is 12.3 Å². The molecule has 1 saturated heterocycles. The van der Waals surface area contributed by atoms with E-state index in [9.17, 15) is 22.8 Å². The Balaban J connectivity index is 1.86. The van der Waals surface area contributed by atoms with E-state index in [1.165, 1.54) is 24.1 Å². The Morgan fingerprint density at radius 1 is 1.30 bits per heavy atom. The molecule has 2 heterocycles. The number of nitrogens with one attached hydrogen (secondary N) is 1. The molecule has 7 nitrogen and oxygen atoms in total. The normalized spacial score (nSPS) is 16.3. The van der Waals surface area contributed by atoms with Crippen LogP contribution in [0.1, 0.15) is 33.3 Å². The molecule has 1 unspecified atom stereocenters. The van der Waals surface area contributed by atoms with Gasteiger partial charge in [-0.25, -0.2) is 9.78 Å². The molecule has 10 heteroatoms. The van der Waals surface area contributed by atoms with E-state index in [0.717, 1.165) is 6.07 Å². The number of amides is 2. The van der Waals surface area contributed by atoms with Gasteiger partial charge in [-0.3, -0.25) is 4.79 Å². The van der Waals surface area contributed by atoms with Crippen LogP contribution in [0.2, 0.25) is 0 Å². The van der Waals surface area contributed by atoms with Crippen molar-refractivity contribution < 1.29 is 32.2 Å². The summed E-state index contributed by atoms with van der Waals surface area (Å²) in [7, 11) is 0. The first kappa shape index (κ1) is 20.8. The van der Waals surface area contributed by atoms with Gasteiger partial charge in [0.25, 0.3) is 0 Å². The van der Waals surface area contributed by atoms with E-state index in [-0.39, 0.29) is 19.0 Å². The third-order valence-electron chi connectivity index (χ3n) is 3.62. The predicted octanol–water partition coefficient (Wildman–Crippen LogP) is 2.60. The molecular formula is C17H22F3N3O4. The van der Waals surface area contributed by atoms with Gasteiger partial charge < -0.3 is 19.7 Å². The van der Waals surface area contributed by atoms with Crippen LogP contribution < -0.4 is 10.1 Å². The molecule has 0 aromatic carbocycles. The largest absolute Gasteiger partial charge is 0.470 e. The van der Waals surface area contributed by atoms with Crippen LogP contribution in [0.5, 0.6) is 5.88 Å². The van der Waals surface area contributed by atoms with Gasteiger partial charge in [0.15, 0.2) is 0 Å². The van der Waals surface area contributed by atoms with Crippen LogP contribution in [0.3, 0.4) is 0 Å². The molecule has 0 radical (unpaired) electrons. The number of likely N-dealkylation sites (tertiary alicyclic amines) is 1. The van der Waals surface area contributed by atoms with Crippen molar-refractivity contribution in [2.75, 3.05) is 13.1 Å². The lowest BCUT2D eigenvalue weighted by Crippen LogP contribution is -2.60. The highest BCUT2D eigenvalue weighted by molar-refractivity contribution is 5.86. The molecule has 0 saturated carbocycles. The van der Waals surface area contributed by atoms with Crippen molar-refractivity contribution in [1.29, 1.82) is 0 Å². The summed E-state index contributed by atoms with van der Waals surface area (Å²) in [4.78, 5) is 29.0. The lowest BCUT2D eigenvalue weighted by molar-refractivity contribution is -0.146. The average Bonchev–Trinajstić information content (AvgIpc) is 2.47. The van der Waals surface area contributed by atoms with E-state index in [0.29, 0.717) is 0 Å². The van der Waals surface area contributed by atoms with Gasteiger partial charge in [0.2, 0.25) is 11.8 Å². The van der Waals surface area contributed by atoms with E-state index in [1.54, 1.807) is 20.8 Å². The fourth-order valence-electron chi connectivity index (χ4n) is 2.37. The first-order valence-electron chi connectivity index (χ1n) is 8.34. The third kappa shape index (κ3) is 5.73. The van der Waals surface area contributed by atoms with Crippen LogP contribution in [0.4, 0.5) is 18.0 Å². The van der Waals surface area contributed by atoms with Gasteiger partial charge in [0.1, 0.15) is 23.3 Å². The Morgan fingerprint density at radius 2 is 1.93 bits per heavy atom. The number of hydrogen-bond donors (Lipinski definition) is 1. The zero-order valence-electron chi connectivity index (χ0n) is 15.5. The summed E-state index contributed by atoms with van der Waals surface area (Å²) in [5.74, 6) is -0.889. The summed E-state index contributed by atoms with van der Waals surface area (Å²) in [5.41, 5.74) is -1.66.